The second-order valence-electron chi connectivity index (χ2n) is 4.99. The van der Waals surface area contributed by atoms with Gasteiger partial charge in [0.2, 0.25) is 0 Å². The van der Waals surface area contributed by atoms with Crippen LogP contribution in [-0.2, 0) is 16.6 Å². The van der Waals surface area contributed by atoms with Gasteiger partial charge in [0.25, 0.3) is 5.91 Å². The number of hydrogen-bond acceptors (Lipinski definition) is 4. The van der Waals surface area contributed by atoms with E-state index in [0.717, 1.165) is 25.0 Å². The van der Waals surface area contributed by atoms with Gasteiger partial charge in [-0.3, -0.25) is 14.4 Å². The first kappa shape index (κ1) is 13.3. The summed E-state index contributed by atoms with van der Waals surface area (Å²) in [6, 6.07) is 0. The number of nitrogens with one attached hydrogen (secondary N) is 1. The Hall–Kier alpha value is -1.73. The maximum atomic E-state index is 12.3. The van der Waals surface area contributed by atoms with Gasteiger partial charge in [-0.15, -0.1) is 0 Å². The maximum absolute atomic E-state index is 12.3. The Morgan fingerprint density at radius 3 is 3.15 bits per heavy atom. The molecule has 2 aliphatic rings. The lowest BCUT2D eigenvalue weighted by Crippen LogP contribution is -2.37. The van der Waals surface area contributed by atoms with Crippen LogP contribution >= 0.6 is 12.2 Å². The number of carbonyl (C=O) groups is 1. The van der Waals surface area contributed by atoms with E-state index in [4.69, 9.17) is 17.0 Å². The summed E-state index contributed by atoms with van der Waals surface area (Å²) in [6.07, 6.45) is 7.43. The first-order valence-electron chi connectivity index (χ1n) is 6.58. The van der Waals surface area contributed by atoms with Crippen molar-refractivity contribution in [2.75, 3.05) is 13.2 Å². The van der Waals surface area contributed by atoms with Gasteiger partial charge in [-0.05, 0) is 31.1 Å². The van der Waals surface area contributed by atoms with E-state index in [1.165, 1.54) is 0 Å². The van der Waals surface area contributed by atoms with Crippen molar-refractivity contribution in [3.05, 3.63) is 23.7 Å². The molecule has 3 rings (SSSR count). The molecule has 1 N–H and O–H groups in total. The van der Waals surface area contributed by atoms with E-state index in [9.17, 15) is 4.79 Å². The molecule has 2 saturated heterocycles. The van der Waals surface area contributed by atoms with Crippen LogP contribution in [0, 0.1) is 0 Å². The van der Waals surface area contributed by atoms with E-state index in [2.05, 4.69) is 10.4 Å². The maximum Gasteiger partial charge on any atom is 0.276 e. The molecular formula is C13H16N4O2S. The van der Waals surface area contributed by atoms with Gasteiger partial charge in [0.05, 0.1) is 18.8 Å². The molecule has 0 spiro atoms. The highest BCUT2D eigenvalue weighted by molar-refractivity contribution is 7.80. The van der Waals surface area contributed by atoms with Gasteiger partial charge >= 0.3 is 0 Å². The minimum Gasteiger partial charge on any atom is -0.376 e. The van der Waals surface area contributed by atoms with Gasteiger partial charge in [0, 0.05) is 25.4 Å². The summed E-state index contributed by atoms with van der Waals surface area (Å²) in [4.78, 5) is 13.9. The van der Waals surface area contributed by atoms with Crippen molar-refractivity contribution in [3.8, 4) is 0 Å². The molecular weight excluding hydrogens is 276 g/mol. The van der Waals surface area contributed by atoms with Gasteiger partial charge in [-0.1, -0.05) is 0 Å². The van der Waals surface area contributed by atoms with E-state index in [0.29, 0.717) is 17.4 Å². The summed E-state index contributed by atoms with van der Waals surface area (Å²) in [5, 5.41) is 7.48. The van der Waals surface area contributed by atoms with Gasteiger partial charge in [-0.25, -0.2) is 0 Å². The summed E-state index contributed by atoms with van der Waals surface area (Å²) < 4.78 is 7.24. The third kappa shape index (κ3) is 2.59. The lowest BCUT2D eigenvalue weighted by Gasteiger charge is -2.18. The number of hydrogen-bond donors (Lipinski definition) is 1. The Balaban J connectivity index is 1.74. The third-order valence-corrected chi connectivity index (χ3v) is 3.73. The summed E-state index contributed by atoms with van der Waals surface area (Å²) in [7, 11) is 1.83. The molecule has 2 aliphatic heterocycles. The minimum atomic E-state index is -0.102. The zero-order valence-electron chi connectivity index (χ0n) is 11.2. The molecule has 2 fully saturated rings. The van der Waals surface area contributed by atoms with Crippen LogP contribution in [0.1, 0.15) is 18.4 Å². The molecule has 1 atom stereocenters. The average Bonchev–Trinajstić information content (AvgIpc) is 3.10. The van der Waals surface area contributed by atoms with Crippen molar-refractivity contribution in [2.45, 2.75) is 18.9 Å². The Kier molecular flexibility index (Phi) is 3.54. The van der Waals surface area contributed by atoms with Gasteiger partial charge in [0.15, 0.2) is 5.11 Å². The summed E-state index contributed by atoms with van der Waals surface area (Å²) in [5.41, 5.74) is 1.35. The van der Waals surface area contributed by atoms with Crippen LogP contribution in [0.5, 0.6) is 0 Å². The molecule has 6 nitrogen and oxygen atoms in total. The summed E-state index contributed by atoms with van der Waals surface area (Å²) in [6.45, 7) is 1.29. The second-order valence-corrected chi connectivity index (χ2v) is 5.37. The van der Waals surface area contributed by atoms with E-state index in [1.54, 1.807) is 21.9 Å². The normalized spacial score (nSPS) is 24.8. The molecule has 20 heavy (non-hydrogen) atoms. The molecule has 0 bridgehead atoms. The number of ether oxygens (including phenoxy) is 1. The Morgan fingerprint density at radius 2 is 2.50 bits per heavy atom. The fraction of sp³-hybridized carbons (Fsp3) is 0.462. The first-order valence-corrected chi connectivity index (χ1v) is 6.99. The fourth-order valence-corrected chi connectivity index (χ4v) is 2.68. The third-order valence-electron chi connectivity index (χ3n) is 3.41. The molecule has 0 unspecified atom stereocenters. The fourth-order valence-electron chi connectivity index (χ4n) is 2.41. The quantitative estimate of drug-likeness (QED) is 0.655. The average molecular weight is 292 g/mol. The number of amides is 1. The Labute approximate surface area is 122 Å². The monoisotopic (exact) mass is 292 g/mol. The van der Waals surface area contributed by atoms with Crippen LogP contribution in [-0.4, -0.2) is 45.0 Å². The van der Waals surface area contributed by atoms with Crippen molar-refractivity contribution in [1.82, 2.24) is 20.0 Å². The number of aromatic nitrogens is 2. The number of aryl methyl sites for hydroxylation is 1. The molecule has 106 valence electrons. The Morgan fingerprint density at radius 1 is 1.65 bits per heavy atom. The number of rotatable bonds is 3. The number of thiocarbonyl (C=S) groups is 1. The molecule has 7 heteroatoms. The highest BCUT2D eigenvalue weighted by Crippen LogP contribution is 2.18. The molecule has 0 radical (unpaired) electrons. The van der Waals surface area contributed by atoms with Crippen molar-refractivity contribution in [1.29, 1.82) is 0 Å². The zero-order valence-corrected chi connectivity index (χ0v) is 12.0. The second kappa shape index (κ2) is 5.34. The predicted octanol–water partition coefficient (Wildman–Crippen LogP) is 0.657. The molecule has 0 aromatic carbocycles. The van der Waals surface area contributed by atoms with Crippen LogP contribution in [0.2, 0.25) is 0 Å². The van der Waals surface area contributed by atoms with Crippen molar-refractivity contribution in [2.24, 2.45) is 7.05 Å². The van der Waals surface area contributed by atoms with Crippen molar-refractivity contribution >= 4 is 29.3 Å². The van der Waals surface area contributed by atoms with Crippen LogP contribution in [0.15, 0.2) is 18.1 Å². The zero-order chi connectivity index (χ0) is 14.1. The highest BCUT2D eigenvalue weighted by atomic mass is 32.1. The summed E-state index contributed by atoms with van der Waals surface area (Å²) >= 11 is 5.23. The lowest BCUT2D eigenvalue weighted by atomic mass is 10.2. The molecule has 1 aromatic heterocycles. The molecule has 1 aromatic rings. The van der Waals surface area contributed by atoms with E-state index in [-0.39, 0.29) is 12.0 Å². The molecule has 3 heterocycles. The minimum absolute atomic E-state index is 0.0939. The molecule has 1 amide bonds. The van der Waals surface area contributed by atoms with Crippen LogP contribution in [0.25, 0.3) is 6.08 Å². The molecule has 0 saturated carbocycles. The number of nitrogens with zero attached hydrogens (tertiary/aromatic N) is 3. The van der Waals surface area contributed by atoms with Crippen molar-refractivity contribution in [3.63, 3.8) is 0 Å². The predicted molar refractivity (Wildman–Crippen MR) is 77.6 cm³/mol. The van der Waals surface area contributed by atoms with Crippen molar-refractivity contribution < 1.29 is 9.53 Å². The molecule has 0 aliphatic carbocycles. The highest BCUT2D eigenvalue weighted by Gasteiger charge is 2.33. The van der Waals surface area contributed by atoms with Crippen LogP contribution < -0.4 is 5.32 Å². The largest absolute Gasteiger partial charge is 0.376 e. The lowest BCUT2D eigenvalue weighted by molar-refractivity contribution is -0.123. The van der Waals surface area contributed by atoms with E-state index < -0.39 is 0 Å². The Bertz CT molecular complexity index is 575. The van der Waals surface area contributed by atoms with Gasteiger partial charge in [0.1, 0.15) is 5.70 Å². The van der Waals surface area contributed by atoms with Gasteiger partial charge < -0.3 is 10.1 Å². The smallest absolute Gasteiger partial charge is 0.276 e. The van der Waals surface area contributed by atoms with Crippen LogP contribution in [0.4, 0.5) is 0 Å². The first-order chi connectivity index (χ1) is 9.63. The standard InChI is InChI=1S/C13H16N4O2S/c1-16-7-9(6-14-16)5-11-12(18)17(13(20)15-11)8-10-3-2-4-19-10/h5-7,10H,2-4,8H2,1H3,(H,15,20)/b11-5+/t10-/m0/s1. The number of carbonyl (C=O) groups excluding carboxylic acids is 1. The SMILES string of the molecule is Cn1cc(/C=C2/NC(=S)N(C[C@@H]3CCCO3)C2=O)cn1. The van der Waals surface area contributed by atoms with E-state index in [1.807, 2.05) is 13.2 Å². The van der Waals surface area contributed by atoms with E-state index >= 15 is 0 Å². The van der Waals surface area contributed by atoms with Crippen LogP contribution in [0.3, 0.4) is 0 Å². The van der Waals surface area contributed by atoms with Gasteiger partial charge in [-0.2, -0.15) is 5.10 Å². The topological polar surface area (TPSA) is 59.4 Å². The summed E-state index contributed by atoms with van der Waals surface area (Å²) in [5.74, 6) is -0.102.